The lowest BCUT2D eigenvalue weighted by Gasteiger charge is -2.06. The van der Waals surface area contributed by atoms with E-state index in [1.54, 1.807) is 5.12 Å². The Hall–Kier alpha value is -1.03. The zero-order valence-corrected chi connectivity index (χ0v) is 5.60. The second-order valence-corrected chi connectivity index (χ2v) is 2.01. The first-order chi connectivity index (χ1) is 4.20. The van der Waals surface area contributed by atoms with E-state index in [0.717, 1.165) is 11.4 Å². The van der Waals surface area contributed by atoms with E-state index in [4.69, 9.17) is 0 Å². The average Bonchev–Trinajstić information content (AvgIpc) is 2.14. The van der Waals surface area contributed by atoms with Crippen LogP contribution in [-0.4, -0.2) is 18.0 Å². The molecule has 0 fully saturated rings. The Morgan fingerprint density at radius 2 is 2.44 bits per heavy atom. The van der Waals surface area contributed by atoms with Crippen molar-refractivity contribution in [2.24, 2.45) is 5.10 Å². The van der Waals surface area contributed by atoms with Crippen molar-refractivity contribution in [1.82, 2.24) is 16.1 Å². The van der Waals surface area contributed by atoms with Crippen molar-refractivity contribution in [2.75, 3.05) is 7.05 Å². The highest BCUT2D eigenvalue weighted by molar-refractivity contribution is 5.97. The Bertz CT molecular complexity index is 160. The van der Waals surface area contributed by atoms with Crippen LogP contribution in [0, 0.1) is 0 Å². The maximum atomic E-state index is 3.90. The third-order valence-electron chi connectivity index (χ3n) is 0.990. The van der Waals surface area contributed by atoms with Crippen LogP contribution in [0.15, 0.2) is 17.3 Å². The second kappa shape index (κ2) is 2.06. The Morgan fingerprint density at radius 3 is 2.67 bits per heavy atom. The lowest BCUT2D eigenvalue weighted by Crippen LogP contribution is -2.37. The Morgan fingerprint density at radius 1 is 1.78 bits per heavy atom. The molecule has 1 heterocycles. The number of hydrogen-bond donors (Lipinski definition) is 2. The van der Waals surface area contributed by atoms with Crippen molar-refractivity contribution < 1.29 is 0 Å². The van der Waals surface area contributed by atoms with Gasteiger partial charge < -0.3 is 0 Å². The molecule has 0 saturated carbocycles. The first kappa shape index (κ1) is 6.10. The number of hydrazine groups is 2. The van der Waals surface area contributed by atoms with Gasteiger partial charge in [-0.05, 0) is 12.5 Å². The van der Waals surface area contributed by atoms with Crippen LogP contribution in [0.25, 0.3) is 0 Å². The van der Waals surface area contributed by atoms with Crippen molar-refractivity contribution in [3.63, 3.8) is 0 Å². The molecule has 0 bridgehead atoms. The summed E-state index contributed by atoms with van der Waals surface area (Å²) in [6, 6.07) is 0. The van der Waals surface area contributed by atoms with Gasteiger partial charge in [0.05, 0.1) is 0 Å². The summed E-state index contributed by atoms with van der Waals surface area (Å²) < 4.78 is 0. The second-order valence-electron chi connectivity index (χ2n) is 2.01. The predicted molar refractivity (Wildman–Crippen MR) is 36.3 cm³/mol. The molecule has 4 heteroatoms. The third-order valence-corrected chi connectivity index (χ3v) is 0.990. The molecule has 1 aliphatic rings. The Balaban J connectivity index is 2.55. The van der Waals surface area contributed by atoms with Gasteiger partial charge in [-0.3, -0.25) is 5.43 Å². The molecule has 50 valence electrons. The summed E-state index contributed by atoms with van der Waals surface area (Å²) in [7, 11) is 1.83. The van der Waals surface area contributed by atoms with E-state index in [1.165, 1.54) is 0 Å². The topological polar surface area (TPSA) is 39.7 Å². The molecule has 9 heavy (non-hydrogen) atoms. The molecule has 0 saturated heterocycles. The van der Waals surface area contributed by atoms with Crippen LogP contribution in [-0.2, 0) is 0 Å². The average molecular weight is 126 g/mol. The molecule has 0 aromatic rings. The summed E-state index contributed by atoms with van der Waals surface area (Å²) in [5.41, 5.74) is 6.55. The van der Waals surface area contributed by atoms with E-state index in [9.17, 15) is 0 Å². The van der Waals surface area contributed by atoms with Gasteiger partial charge in [-0.15, -0.1) is 10.2 Å². The van der Waals surface area contributed by atoms with Gasteiger partial charge in [0.15, 0.2) is 5.84 Å². The highest BCUT2D eigenvalue weighted by Gasteiger charge is 2.08. The molecule has 2 N–H and O–H groups in total. The quantitative estimate of drug-likeness (QED) is 0.512. The summed E-state index contributed by atoms with van der Waals surface area (Å²) in [6.45, 7) is 5.61. The van der Waals surface area contributed by atoms with Crippen LogP contribution in [0.3, 0.4) is 0 Å². The fourth-order valence-corrected chi connectivity index (χ4v) is 0.525. The minimum atomic E-state index is 0.789. The van der Waals surface area contributed by atoms with Crippen LogP contribution >= 0.6 is 0 Å². The van der Waals surface area contributed by atoms with E-state index in [2.05, 4.69) is 22.6 Å². The molecule has 4 nitrogen and oxygen atoms in total. The third kappa shape index (κ3) is 1.20. The number of rotatable bonds is 1. The van der Waals surface area contributed by atoms with Crippen molar-refractivity contribution in [1.29, 1.82) is 0 Å². The normalized spacial score (nSPS) is 18.2. The van der Waals surface area contributed by atoms with Gasteiger partial charge in [0.1, 0.15) is 0 Å². The lowest BCUT2D eigenvalue weighted by molar-refractivity contribution is 0.231. The van der Waals surface area contributed by atoms with Gasteiger partial charge in [0, 0.05) is 7.05 Å². The van der Waals surface area contributed by atoms with Gasteiger partial charge in [-0.25, -0.2) is 5.53 Å². The number of hydrogen-bond acceptors (Lipinski definition) is 4. The van der Waals surface area contributed by atoms with Crippen LogP contribution in [0.5, 0.6) is 0 Å². The van der Waals surface area contributed by atoms with Gasteiger partial charge in [-0.1, -0.05) is 6.58 Å². The largest absolute Gasteiger partial charge is 0.283 e. The molecule has 0 radical (unpaired) electrons. The van der Waals surface area contributed by atoms with E-state index in [-0.39, 0.29) is 0 Å². The summed E-state index contributed by atoms with van der Waals surface area (Å²) in [4.78, 5) is 0. The Kier molecular flexibility index (Phi) is 1.40. The van der Waals surface area contributed by atoms with Crippen LogP contribution in [0.4, 0.5) is 0 Å². The molecule has 0 spiro atoms. The Labute approximate surface area is 54.2 Å². The molecule has 0 atom stereocenters. The standard InChI is InChI=1S/C5H10N4/c1-4(2)5-6-8-9(3)7-5/h8H,1H2,2-3H3,(H,6,7). The number of amidine groups is 1. The van der Waals surface area contributed by atoms with Crippen LogP contribution in [0.1, 0.15) is 6.92 Å². The maximum absolute atomic E-state index is 3.90. The lowest BCUT2D eigenvalue weighted by atomic mass is 10.3. The van der Waals surface area contributed by atoms with Crippen molar-refractivity contribution >= 4 is 5.84 Å². The highest BCUT2D eigenvalue weighted by Crippen LogP contribution is 1.93. The van der Waals surface area contributed by atoms with E-state index < -0.39 is 0 Å². The van der Waals surface area contributed by atoms with E-state index in [0.29, 0.717) is 0 Å². The predicted octanol–water partition coefficient (Wildman–Crippen LogP) is -0.169. The zero-order chi connectivity index (χ0) is 6.85. The minimum Gasteiger partial charge on any atom is -0.283 e. The van der Waals surface area contributed by atoms with Crippen molar-refractivity contribution in [3.8, 4) is 0 Å². The minimum absolute atomic E-state index is 0.789. The summed E-state index contributed by atoms with van der Waals surface area (Å²) in [5.74, 6) is 0.789. The fraction of sp³-hybridized carbons (Fsp3) is 0.400. The summed E-state index contributed by atoms with van der Waals surface area (Å²) >= 11 is 0. The molecule has 0 amide bonds. The van der Waals surface area contributed by atoms with Crippen LogP contribution in [0.2, 0.25) is 0 Å². The first-order valence-electron chi connectivity index (χ1n) is 2.70. The van der Waals surface area contributed by atoms with E-state index >= 15 is 0 Å². The maximum Gasteiger partial charge on any atom is 0.165 e. The highest BCUT2D eigenvalue weighted by atomic mass is 15.9. The van der Waals surface area contributed by atoms with Crippen molar-refractivity contribution in [2.45, 2.75) is 6.92 Å². The van der Waals surface area contributed by atoms with E-state index in [1.807, 2.05) is 14.0 Å². The molecule has 0 unspecified atom stereocenters. The molecule has 0 aromatic carbocycles. The number of nitrogens with one attached hydrogen (secondary N) is 2. The van der Waals surface area contributed by atoms with Gasteiger partial charge in [-0.2, -0.15) is 0 Å². The first-order valence-corrected chi connectivity index (χ1v) is 2.70. The molecular formula is C5H10N4. The van der Waals surface area contributed by atoms with Gasteiger partial charge >= 0.3 is 0 Å². The molecule has 1 rings (SSSR count). The number of hydrazone groups is 1. The molecule has 1 aliphatic heterocycles. The zero-order valence-electron chi connectivity index (χ0n) is 5.60. The van der Waals surface area contributed by atoms with Gasteiger partial charge in [0.2, 0.25) is 0 Å². The molecular weight excluding hydrogens is 116 g/mol. The summed E-state index contributed by atoms with van der Waals surface area (Å²) in [5, 5.41) is 5.55. The fourth-order valence-electron chi connectivity index (χ4n) is 0.525. The van der Waals surface area contributed by atoms with Gasteiger partial charge in [0.25, 0.3) is 0 Å². The summed E-state index contributed by atoms with van der Waals surface area (Å²) in [6.07, 6.45) is 0. The number of nitrogens with zero attached hydrogens (tertiary/aromatic N) is 2. The molecule has 0 aromatic heterocycles. The SMILES string of the molecule is C=C(C)C1=NNN(C)N1. The van der Waals surface area contributed by atoms with Crippen LogP contribution < -0.4 is 11.0 Å². The molecule has 0 aliphatic carbocycles. The monoisotopic (exact) mass is 126 g/mol. The smallest absolute Gasteiger partial charge is 0.165 e. The van der Waals surface area contributed by atoms with Crippen molar-refractivity contribution in [3.05, 3.63) is 12.2 Å².